The maximum absolute atomic E-state index is 6.20. The number of hydrogen-bond acceptors (Lipinski definition) is 8. The summed E-state index contributed by atoms with van der Waals surface area (Å²) in [6.45, 7) is 19.4. The second-order valence-corrected chi connectivity index (χ2v) is 9.47. The summed E-state index contributed by atoms with van der Waals surface area (Å²) in [6.07, 6.45) is -0.440. The predicted octanol–water partition coefficient (Wildman–Crippen LogP) is 5.01. The van der Waals surface area contributed by atoms with Crippen molar-refractivity contribution in [1.29, 1.82) is 0 Å². The highest BCUT2D eigenvalue weighted by Crippen LogP contribution is 2.48. The lowest BCUT2D eigenvalue weighted by Crippen LogP contribution is -2.44. The van der Waals surface area contributed by atoms with Gasteiger partial charge in [0.2, 0.25) is 0 Å². The van der Waals surface area contributed by atoms with E-state index in [-0.39, 0.29) is 0 Å². The Hall–Kier alpha value is 0.605. The van der Waals surface area contributed by atoms with Gasteiger partial charge in [0.1, 0.15) is 6.00 Å². The normalized spacial score (nSPS) is 20.9. The van der Waals surface area contributed by atoms with Gasteiger partial charge in [0.25, 0.3) is 0 Å². The Morgan fingerprint density at radius 2 is 1.07 bits per heavy atom. The van der Waals surface area contributed by atoms with Gasteiger partial charge >= 0.3 is 24.3 Å². The van der Waals surface area contributed by atoms with Gasteiger partial charge in [-0.1, -0.05) is 0 Å². The van der Waals surface area contributed by atoms with Crippen LogP contribution < -0.4 is 0 Å². The van der Waals surface area contributed by atoms with Crippen molar-refractivity contribution in [2.45, 2.75) is 85.6 Å². The second-order valence-electron chi connectivity index (χ2n) is 7.12. The van der Waals surface area contributed by atoms with E-state index in [2.05, 4.69) is 0 Å². The molecule has 2 atom stereocenters. The summed E-state index contributed by atoms with van der Waals surface area (Å²) in [5.41, 5.74) is -0.993. The van der Waals surface area contributed by atoms with Crippen LogP contribution in [-0.2, 0) is 36.5 Å². The molecular weight excluding hydrogens is 405 g/mol. The first-order valence-electron chi connectivity index (χ1n) is 9.92. The number of hydrogen-bond donors (Lipinski definition) is 0. The Kier molecular flexibility index (Phi) is 11.9. The molecule has 0 aromatic carbocycles. The molecule has 0 aromatic rings. The fourth-order valence-corrected chi connectivity index (χ4v) is 4.39. The SMILES string of the molecule is CCOP(OCC)OC(C)C(OP(OCC)OCC)B1OC(C)(C)C(C)(C)O1. The lowest BCUT2D eigenvalue weighted by Gasteiger charge is -2.32. The van der Waals surface area contributed by atoms with E-state index in [1.54, 1.807) is 0 Å². The van der Waals surface area contributed by atoms with Crippen LogP contribution in [0.1, 0.15) is 62.3 Å². The van der Waals surface area contributed by atoms with Crippen LogP contribution >= 0.6 is 17.2 Å². The molecule has 0 bridgehead atoms. The highest BCUT2D eigenvalue weighted by Gasteiger charge is 2.56. The molecule has 0 aliphatic carbocycles. The first kappa shape index (κ1) is 26.6. The molecule has 2 unspecified atom stereocenters. The van der Waals surface area contributed by atoms with Crippen LogP contribution in [0.15, 0.2) is 0 Å². The Morgan fingerprint density at radius 1 is 0.714 bits per heavy atom. The molecule has 1 aliphatic heterocycles. The van der Waals surface area contributed by atoms with E-state index in [4.69, 9.17) is 36.5 Å². The summed E-state index contributed by atoms with van der Waals surface area (Å²) in [5, 5.41) is 0. The van der Waals surface area contributed by atoms with Crippen LogP contribution in [0, 0.1) is 0 Å². The largest absolute Gasteiger partial charge is 0.492 e. The van der Waals surface area contributed by atoms with Crippen molar-refractivity contribution in [3.05, 3.63) is 0 Å². The van der Waals surface area contributed by atoms with Crippen LogP contribution in [0.2, 0.25) is 0 Å². The Bertz CT molecular complexity index is 415. The third-order valence-electron chi connectivity index (χ3n) is 4.40. The molecule has 1 aliphatic rings. The van der Waals surface area contributed by atoms with Crippen LogP contribution in [0.5, 0.6) is 0 Å². The average Bonchev–Trinajstić information content (AvgIpc) is 2.80. The molecule has 0 N–H and O–H groups in total. The molecule has 1 saturated heterocycles. The molecule has 0 spiro atoms. The molecule has 0 saturated carbocycles. The van der Waals surface area contributed by atoms with E-state index in [0.29, 0.717) is 26.4 Å². The Morgan fingerprint density at radius 3 is 1.43 bits per heavy atom. The van der Waals surface area contributed by atoms with E-state index in [9.17, 15) is 0 Å². The van der Waals surface area contributed by atoms with Gasteiger partial charge in [0.05, 0.1) is 43.7 Å². The minimum atomic E-state index is -1.57. The van der Waals surface area contributed by atoms with Gasteiger partial charge in [0.15, 0.2) is 0 Å². The monoisotopic (exact) mass is 442 g/mol. The molecular formula is C17H37BO8P2. The van der Waals surface area contributed by atoms with Crippen molar-refractivity contribution in [1.82, 2.24) is 0 Å². The van der Waals surface area contributed by atoms with Gasteiger partial charge in [-0.05, 0) is 62.3 Å². The summed E-state index contributed by atoms with van der Waals surface area (Å²) in [5.74, 6) is 0. The number of rotatable bonds is 14. The average molecular weight is 442 g/mol. The molecule has 0 amide bonds. The van der Waals surface area contributed by atoms with Gasteiger partial charge in [-0.25, -0.2) is 0 Å². The highest BCUT2D eigenvalue weighted by atomic mass is 31.2. The van der Waals surface area contributed by atoms with Crippen molar-refractivity contribution in [3.63, 3.8) is 0 Å². The summed E-state index contributed by atoms with van der Waals surface area (Å²) in [4.78, 5) is 0. The van der Waals surface area contributed by atoms with Crippen LogP contribution in [0.4, 0.5) is 0 Å². The zero-order valence-corrected chi connectivity index (χ0v) is 20.5. The molecule has 1 rings (SSSR count). The summed E-state index contributed by atoms with van der Waals surface area (Å²) < 4.78 is 47.0. The topological polar surface area (TPSA) is 73.8 Å². The summed E-state index contributed by atoms with van der Waals surface area (Å²) in [7, 11) is -3.71. The lowest BCUT2D eigenvalue weighted by atomic mass is 9.78. The summed E-state index contributed by atoms with van der Waals surface area (Å²) >= 11 is 0. The molecule has 28 heavy (non-hydrogen) atoms. The standard InChI is InChI=1S/C17H37BO8P2/c1-10-19-27(20-11-2)23-14(5)15(24-28(21-12-3)22-13-4)18-25-16(6,7)17(8,9)26-18/h14-15H,10-13H2,1-9H3. The van der Waals surface area contributed by atoms with Gasteiger partial charge in [0, 0.05) is 0 Å². The van der Waals surface area contributed by atoms with Crippen molar-refractivity contribution < 1.29 is 36.5 Å². The van der Waals surface area contributed by atoms with Crippen molar-refractivity contribution in [2.75, 3.05) is 26.4 Å². The van der Waals surface area contributed by atoms with Gasteiger partial charge in [-0.3, -0.25) is 0 Å². The molecule has 166 valence electrons. The summed E-state index contributed by atoms with van der Waals surface area (Å²) in [6, 6.07) is -0.587. The predicted molar refractivity (Wildman–Crippen MR) is 112 cm³/mol. The van der Waals surface area contributed by atoms with Gasteiger partial charge in [-0.2, -0.15) is 0 Å². The van der Waals surface area contributed by atoms with Crippen molar-refractivity contribution in [3.8, 4) is 0 Å². The third kappa shape index (κ3) is 7.70. The third-order valence-corrected chi connectivity index (χ3v) is 7.20. The van der Waals surface area contributed by atoms with Gasteiger partial charge < -0.3 is 36.5 Å². The van der Waals surface area contributed by atoms with Crippen LogP contribution in [-0.4, -0.2) is 56.9 Å². The Labute approximate surface area is 173 Å². The van der Waals surface area contributed by atoms with E-state index in [1.165, 1.54) is 0 Å². The molecule has 0 radical (unpaired) electrons. The maximum Gasteiger partial charge on any atom is 0.492 e. The molecule has 1 heterocycles. The van der Waals surface area contributed by atoms with E-state index < -0.39 is 47.6 Å². The second kappa shape index (κ2) is 12.5. The van der Waals surface area contributed by atoms with Crippen LogP contribution in [0.3, 0.4) is 0 Å². The van der Waals surface area contributed by atoms with Gasteiger partial charge in [-0.15, -0.1) is 0 Å². The van der Waals surface area contributed by atoms with Crippen molar-refractivity contribution >= 4 is 24.3 Å². The Balaban J connectivity index is 2.99. The molecule has 8 nitrogen and oxygen atoms in total. The first-order chi connectivity index (χ1) is 13.1. The molecule has 0 aromatic heterocycles. The van der Waals surface area contributed by atoms with Crippen LogP contribution in [0.25, 0.3) is 0 Å². The zero-order valence-electron chi connectivity index (χ0n) is 18.7. The minimum absolute atomic E-state index is 0.440. The zero-order chi connectivity index (χ0) is 21.4. The quantitative estimate of drug-likeness (QED) is 0.275. The highest BCUT2D eigenvalue weighted by molar-refractivity contribution is 7.42. The van der Waals surface area contributed by atoms with E-state index in [0.717, 1.165) is 0 Å². The van der Waals surface area contributed by atoms with Crippen molar-refractivity contribution in [2.24, 2.45) is 0 Å². The fourth-order valence-electron chi connectivity index (χ4n) is 2.29. The smallest absolute Gasteiger partial charge is 0.401 e. The maximum atomic E-state index is 6.20. The van der Waals surface area contributed by atoms with E-state index in [1.807, 2.05) is 62.3 Å². The minimum Gasteiger partial charge on any atom is -0.401 e. The molecule has 11 heteroatoms. The lowest BCUT2D eigenvalue weighted by molar-refractivity contribution is 0.00578. The first-order valence-corrected chi connectivity index (χ1v) is 12.1. The molecule has 1 fully saturated rings. The fraction of sp³-hybridized carbons (Fsp3) is 1.00. The van der Waals surface area contributed by atoms with E-state index >= 15 is 0 Å².